The Hall–Kier alpha value is -5.07. The Balaban J connectivity index is 0.00000464. The lowest BCUT2D eigenvalue weighted by molar-refractivity contribution is -0.127. The number of fused-ring (bicyclic) bond motifs is 1. The van der Waals surface area contributed by atoms with E-state index in [2.05, 4.69) is 21.9 Å². The number of carbonyl (C=O) groups excluding carboxylic acids is 3. The number of anilines is 1. The summed E-state index contributed by atoms with van der Waals surface area (Å²) in [4.78, 5) is 47.3. The van der Waals surface area contributed by atoms with Crippen molar-refractivity contribution in [1.29, 1.82) is 0 Å². The summed E-state index contributed by atoms with van der Waals surface area (Å²) < 4.78 is 9.34. The maximum absolute atomic E-state index is 14.5. The van der Waals surface area contributed by atoms with Gasteiger partial charge in [0, 0.05) is 64.0 Å². The number of rotatable bonds is 11. The molecule has 1 saturated carbocycles. The molecule has 1 N–H and O–H groups in total. The molecule has 51 heavy (non-hydrogen) atoms. The number of nitrogens with one attached hydrogen (secondary N) is 1. The molecule has 3 atom stereocenters. The molecule has 2 aromatic heterocycles. The normalized spacial score (nSPS) is 20.0. The van der Waals surface area contributed by atoms with Crippen molar-refractivity contribution in [3.8, 4) is 5.69 Å². The highest BCUT2D eigenvalue weighted by Crippen LogP contribution is 2.42. The van der Waals surface area contributed by atoms with Crippen LogP contribution in [0.4, 0.5) is 5.82 Å². The third kappa shape index (κ3) is 6.98. The van der Waals surface area contributed by atoms with E-state index in [-0.39, 0.29) is 25.0 Å². The first-order chi connectivity index (χ1) is 24.7. The first kappa shape index (κ1) is 34.4. The second kappa shape index (κ2) is 14.7. The highest BCUT2D eigenvalue weighted by Gasteiger charge is 2.44. The number of hydrogen-bond acceptors (Lipinski definition) is 7. The van der Waals surface area contributed by atoms with Gasteiger partial charge in [-0.05, 0) is 68.9 Å². The fraction of sp³-hybridized carbons (Fsp3) is 0.410. The maximum atomic E-state index is 14.5. The largest absolute Gasteiger partial charge is 0.366 e. The van der Waals surface area contributed by atoms with Gasteiger partial charge in [-0.2, -0.15) is 10.2 Å². The van der Waals surface area contributed by atoms with E-state index in [0.717, 1.165) is 61.2 Å². The second-order valence-electron chi connectivity index (χ2n) is 13.8. The third-order valence-corrected chi connectivity index (χ3v) is 10.2. The fourth-order valence-electron chi connectivity index (χ4n) is 7.18. The fourth-order valence-corrected chi connectivity index (χ4v) is 7.18. The van der Waals surface area contributed by atoms with E-state index in [9.17, 15) is 14.4 Å². The zero-order chi connectivity index (χ0) is 35.6. The Kier molecular flexibility index (Phi) is 9.88. The lowest BCUT2D eigenvalue weighted by atomic mass is 9.82. The Morgan fingerprint density at radius 3 is 2.69 bits per heavy atom. The van der Waals surface area contributed by atoms with Crippen LogP contribution in [0.2, 0.25) is 0 Å². The molecule has 2 aliphatic heterocycles. The van der Waals surface area contributed by atoms with Gasteiger partial charge >= 0.3 is 0 Å². The summed E-state index contributed by atoms with van der Waals surface area (Å²) >= 11 is 0. The Morgan fingerprint density at radius 2 is 1.92 bits per heavy atom. The van der Waals surface area contributed by atoms with Crippen LogP contribution < -0.4 is 10.2 Å². The van der Waals surface area contributed by atoms with Crippen molar-refractivity contribution >= 4 is 23.5 Å². The molecule has 3 aliphatic rings. The number of nitrogens with zero attached hydrogens (tertiary/aromatic N) is 7. The molecule has 1 unspecified atom stereocenters. The highest BCUT2D eigenvalue weighted by molar-refractivity contribution is 6.04. The predicted octanol–water partition coefficient (Wildman–Crippen LogP) is 4.92. The van der Waals surface area contributed by atoms with E-state index in [4.69, 9.17) is 9.84 Å². The van der Waals surface area contributed by atoms with Crippen molar-refractivity contribution in [2.24, 2.45) is 0 Å². The lowest BCUT2D eigenvalue weighted by Crippen LogP contribution is -2.55. The van der Waals surface area contributed by atoms with Gasteiger partial charge in [0.25, 0.3) is 17.7 Å². The summed E-state index contributed by atoms with van der Waals surface area (Å²) in [5.41, 5.74) is 4.15. The Bertz CT molecular complexity index is 1910. The first-order valence-electron chi connectivity index (χ1n) is 17.9. The minimum absolute atomic E-state index is 0. The summed E-state index contributed by atoms with van der Waals surface area (Å²) in [5.74, 6) is -0.658. The van der Waals surface area contributed by atoms with Crippen molar-refractivity contribution in [2.75, 3.05) is 38.4 Å². The van der Waals surface area contributed by atoms with E-state index in [1.165, 1.54) is 0 Å². The van der Waals surface area contributed by atoms with Gasteiger partial charge in [-0.15, -0.1) is 0 Å². The Morgan fingerprint density at radius 1 is 1.12 bits per heavy atom. The van der Waals surface area contributed by atoms with E-state index in [1.54, 1.807) is 33.8 Å². The summed E-state index contributed by atoms with van der Waals surface area (Å²) in [6, 6.07) is 18.6. The summed E-state index contributed by atoms with van der Waals surface area (Å²) in [7, 11) is 1.78. The van der Waals surface area contributed by atoms with Crippen LogP contribution >= 0.6 is 0 Å². The monoisotopic (exact) mass is 692 g/mol. The van der Waals surface area contributed by atoms with Crippen molar-refractivity contribution in [1.82, 2.24) is 34.7 Å². The maximum Gasteiger partial charge on any atom is 0.272 e. The molecule has 3 amide bonds. The molecule has 268 valence electrons. The second-order valence-corrected chi connectivity index (χ2v) is 13.8. The van der Waals surface area contributed by atoms with Crippen molar-refractivity contribution < 1.29 is 20.5 Å². The van der Waals surface area contributed by atoms with Crippen LogP contribution in [0, 0.1) is 0 Å². The Labute approximate surface area is 300 Å². The summed E-state index contributed by atoms with van der Waals surface area (Å²) in [6.07, 6.45) is 7.74. The van der Waals surface area contributed by atoms with Crippen LogP contribution in [0.25, 0.3) is 5.69 Å². The van der Waals surface area contributed by atoms with Gasteiger partial charge in [-0.3, -0.25) is 28.9 Å². The first-order valence-corrected chi connectivity index (χ1v) is 17.9. The number of amides is 3. The molecular formula is C39H48N8O4. The van der Waals surface area contributed by atoms with Gasteiger partial charge < -0.3 is 15.0 Å². The summed E-state index contributed by atoms with van der Waals surface area (Å²) in [6.45, 7) is 10.9. The minimum atomic E-state index is -0.921. The molecule has 1 aliphatic carbocycles. The average Bonchev–Trinajstić information content (AvgIpc) is 3.82. The quantitative estimate of drug-likeness (QED) is 0.222. The molecule has 2 fully saturated rings. The van der Waals surface area contributed by atoms with Gasteiger partial charge in [0.15, 0.2) is 0 Å². The highest BCUT2D eigenvalue weighted by atomic mass is 16.5. The molecule has 0 bridgehead atoms. The minimum Gasteiger partial charge on any atom is -0.366 e. The molecule has 7 rings (SSSR count). The van der Waals surface area contributed by atoms with E-state index < -0.39 is 17.9 Å². The molecule has 1 saturated heterocycles. The molecule has 2 aromatic carbocycles. The molecule has 0 spiro atoms. The number of carbonyl (C=O) groups is 3. The van der Waals surface area contributed by atoms with Crippen LogP contribution in [0.5, 0.6) is 0 Å². The predicted molar refractivity (Wildman–Crippen MR) is 196 cm³/mol. The van der Waals surface area contributed by atoms with E-state index >= 15 is 0 Å². The van der Waals surface area contributed by atoms with Gasteiger partial charge in [-0.25, -0.2) is 4.68 Å². The number of hydrogen-bond donors (Lipinski definition) is 1. The molecular weight excluding hydrogens is 644 g/mol. The molecule has 0 radical (unpaired) electrons. The number of aromatic nitrogens is 4. The molecule has 4 aromatic rings. The molecule has 4 heterocycles. The van der Waals surface area contributed by atoms with Gasteiger partial charge in [0.1, 0.15) is 17.6 Å². The van der Waals surface area contributed by atoms with Crippen LogP contribution in [-0.4, -0.2) is 92.6 Å². The van der Waals surface area contributed by atoms with Crippen molar-refractivity contribution in [3.05, 3.63) is 108 Å². The van der Waals surface area contributed by atoms with Crippen LogP contribution in [0.1, 0.15) is 80.1 Å². The lowest BCUT2D eigenvalue weighted by Gasteiger charge is -2.38. The summed E-state index contributed by atoms with van der Waals surface area (Å²) in [5, 5.41) is 12.4. The number of benzene rings is 2. The van der Waals surface area contributed by atoms with E-state index in [1.807, 2.05) is 79.3 Å². The topological polar surface area (TPSA) is 118 Å². The zero-order valence-electron chi connectivity index (χ0n) is 29.6. The zero-order valence-corrected chi connectivity index (χ0v) is 29.6. The van der Waals surface area contributed by atoms with Crippen LogP contribution in [-0.2, 0) is 20.9 Å². The van der Waals surface area contributed by atoms with Gasteiger partial charge in [-0.1, -0.05) is 49.0 Å². The molecule has 12 heteroatoms. The number of ether oxygens (including phenoxy) is 1. The number of para-hydroxylation sites is 1. The van der Waals surface area contributed by atoms with Gasteiger partial charge in [0.05, 0.1) is 24.7 Å². The standard InChI is InChI=1S/C39H46N8O4.H2/c1-5-45-37-32(23-40-47(37)31-14-7-6-8-15-31)34(35(39(45)50)41-36(48)33-18-20-46(42-33)30-16-17-30)29-13-11-12-28(22-29)24-43(4)38(49)26(2)27(3)44-19-9-10-21-51-25-44;/h6-8,11-15,18,20,22-23,27,30,34-35H,2,5,9-10,16-17,19,21,24-25H2,1,3-4H3,(H,41,48);1H/t27?,34-,35+;/m1./s1. The van der Waals surface area contributed by atoms with E-state index in [0.29, 0.717) is 37.3 Å². The van der Waals surface area contributed by atoms with Crippen LogP contribution in [0.3, 0.4) is 0 Å². The smallest absolute Gasteiger partial charge is 0.272 e. The van der Waals surface area contributed by atoms with Crippen molar-refractivity contribution in [3.63, 3.8) is 0 Å². The van der Waals surface area contributed by atoms with Gasteiger partial charge in [0.2, 0.25) is 0 Å². The average molecular weight is 693 g/mol. The van der Waals surface area contributed by atoms with Crippen molar-refractivity contribution in [2.45, 2.75) is 70.1 Å². The third-order valence-electron chi connectivity index (χ3n) is 10.2. The van der Waals surface area contributed by atoms with Crippen LogP contribution in [0.15, 0.2) is 85.2 Å². The molecule has 12 nitrogen and oxygen atoms in total. The number of likely N-dealkylation sites (N-methyl/N-ethyl adjacent to an activating group) is 2. The SMILES string of the molecule is C=C(C(=O)N(C)Cc1cccc([C@@H]2c3cnn(-c4ccccc4)c3N(CC)C(=O)[C@H]2NC(=O)c2ccn(C3CC3)n2)c1)C(C)N1CCCCOC1.[HH].